The molecule has 0 heteroatoms. The van der Waals surface area contributed by atoms with Gasteiger partial charge in [-0.15, -0.1) is 0 Å². The maximum absolute atomic E-state index is 2.51. The molecule has 0 unspecified atom stereocenters. The molecular formula is C31H48. The van der Waals surface area contributed by atoms with Gasteiger partial charge in [-0.3, -0.25) is 0 Å². The monoisotopic (exact) mass is 420 g/mol. The normalized spacial score (nSPS) is 14.1. The van der Waals surface area contributed by atoms with E-state index < -0.39 is 0 Å². The predicted octanol–water partition coefficient (Wildman–Crippen LogP) is 9.20. The van der Waals surface area contributed by atoms with Crippen LogP contribution in [0.15, 0.2) is 36.4 Å². The van der Waals surface area contributed by atoms with E-state index >= 15 is 0 Å². The summed E-state index contributed by atoms with van der Waals surface area (Å²) in [6, 6.07) is 14.1. The van der Waals surface area contributed by atoms with Crippen LogP contribution in [0.3, 0.4) is 0 Å². The van der Waals surface area contributed by atoms with Crippen LogP contribution in [-0.4, -0.2) is 0 Å². The summed E-state index contributed by atoms with van der Waals surface area (Å²) >= 11 is 0. The molecule has 2 rings (SSSR count). The molecule has 0 radical (unpaired) electrons. The van der Waals surface area contributed by atoms with Crippen LogP contribution < -0.4 is 0 Å². The van der Waals surface area contributed by atoms with Crippen molar-refractivity contribution in [1.82, 2.24) is 0 Å². The highest BCUT2D eigenvalue weighted by molar-refractivity contribution is 5.56. The first kappa shape index (κ1) is 25.7. The van der Waals surface area contributed by atoms with Gasteiger partial charge in [0.25, 0.3) is 0 Å². The Bertz CT molecular complexity index is 891. The SMILES string of the molecule is CC(C)(C)c1cc(C(C)(C)C)c(C(C)(C)c2ccccc2C(C)(C)C)c(C(C)(C)C)c1. The van der Waals surface area contributed by atoms with Gasteiger partial charge in [0.15, 0.2) is 0 Å². The maximum atomic E-state index is 2.51. The van der Waals surface area contributed by atoms with Crippen LogP contribution in [0.1, 0.15) is 130 Å². The number of hydrogen-bond acceptors (Lipinski definition) is 0. The fraction of sp³-hybridized carbons (Fsp3) is 0.613. The number of hydrogen-bond donors (Lipinski definition) is 0. The van der Waals surface area contributed by atoms with Gasteiger partial charge in [-0.1, -0.05) is 133 Å². The Morgan fingerprint density at radius 1 is 0.419 bits per heavy atom. The van der Waals surface area contributed by atoms with Crippen LogP contribution in [0.5, 0.6) is 0 Å². The van der Waals surface area contributed by atoms with E-state index in [0.717, 1.165) is 0 Å². The molecule has 0 nitrogen and oxygen atoms in total. The second kappa shape index (κ2) is 7.79. The molecule has 0 aromatic heterocycles. The molecule has 31 heavy (non-hydrogen) atoms. The van der Waals surface area contributed by atoms with Crippen molar-refractivity contribution in [3.63, 3.8) is 0 Å². The van der Waals surface area contributed by atoms with E-state index in [4.69, 9.17) is 0 Å². The molecule has 0 aliphatic heterocycles. The van der Waals surface area contributed by atoms with Gasteiger partial charge in [-0.25, -0.2) is 0 Å². The van der Waals surface area contributed by atoms with E-state index in [1.165, 1.54) is 33.4 Å². The molecule has 0 saturated heterocycles. The lowest BCUT2D eigenvalue weighted by Crippen LogP contribution is -2.33. The van der Waals surface area contributed by atoms with E-state index in [1.54, 1.807) is 0 Å². The third-order valence-electron chi connectivity index (χ3n) is 6.65. The van der Waals surface area contributed by atoms with Crippen LogP contribution in [-0.2, 0) is 27.1 Å². The van der Waals surface area contributed by atoms with Crippen molar-refractivity contribution in [2.75, 3.05) is 0 Å². The van der Waals surface area contributed by atoms with Gasteiger partial charge in [-0.05, 0) is 55.0 Å². The molecule has 0 bridgehead atoms. The molecule has 0 heterocycles. The molecule has 0 N–H and O–H groups in total. The minimum Gasteiger partial charge on any atom is -0.0620 e. The van der Waals surface area contributed by atoms with Crippen LogP contribution >= 0.6 is 0 Å². The zero-order valence-corrected chi connectivity index (χ0v) is 23.0. The number of benzene rings is 2. The fourth-order valence-electron chi connectivity index (χ4n) is 4.75. The first-order valence-corrected chi connectivity index (χ1v) is 12.0. The van der Waals surface area contributed by atoms with Crippen molar-refractivity contribution >= 4 is 0 Å². The zero-order valence-electron chi connectivity index (χ0n) is 23.0. The molecule has 0 spiro atoms. The first-order chi connectivity index (χ1) is 13.7. The summed E-state index contributed by atoms with van der Waals surface area (Å²) in [6.45, 7) is 33.1. The topological polar surface area (TPSA) is 0 Å². The Hall–Kier alpha value is -1.56. The van der Waals surface area contributed by atoms with Gasteiger partial charge in [0, 0.05) is 5.41 Å². The lowest BCUT2D eigenvalue weighted by Gasteiger charge is -2.42. The van der Waals surface area contributed by atoms with Crippen molar-refractivity contribution in [2.45, 2.75) is 124 Å². The van der Waals surface area contributed by atoms with Gasteiger partial charge < -0.3 is 0 Å². The summed E-state index contributed by atoms with van der Waals surface area (Å²) < 4.78 is 0. The van der Waals surface area contributed by atoms with Crippen LogP contribution in [0, 0.1) is 0 Å². The minimum atomic E-state index is -0.106. The van der Waals surface area contributed by atoms with E-state index in [2.05, 4.69) is 133 Å². The van der Waals surface area contributed by atoms with E-state index in [0.29, 0.717) is 0 Å². The number of rotatable bonds is 2. The van der Waals surface area contributed by atoms with E-state index in [-0.39, 0.29) is 27.1 Å². The molecular weight excluding hydrogens is 372 g/mol. The largest absolute Gasteiger partial charge is 0.0620 e. The van der Waals surface area contributed by atoms with Crippen molar-refractivity contribution < 1.29 is 0 Å². The molecule has 0 aliphatic carbocycles. The molecule has 2 aromatic carbocycles. The Balaban J connectivity index is 3.06. The zero-order chi connectivity index (χ0) is 24.2. The predicted molar refractivity (Wildman–Crippen MR) is 140 cm³/mol. The van der Waals surface area contributed by atoms with E-state index in [9.17, 15) is 0 Å². The van der Waals surface area contributed by atoms with Gasteiger partial charge in [-0.2, -0.15) is 0 Å². The molecule has 0 fully saturated rings. The molecule has 2 aromatic rings. The standard InChI is InChI=1S/C31H48/c1-27(2,3)21-19-24(29(7,8)9)26(25(20-21)30(10,11)12)31(13,14)23-18-16-15-17-22(23)28(4,5)6/h15-20H,1-14H3. The highest BCUT2D eigenvalue weighted by Crippen LogP contribution is 2.47. The van der Waals surface area contributed by atoms with Crippen molar-refractivity contribution in [3.8, 4) is 0 Å². The molecule has 172 valence electrons. The Morgan fingerprint density at radius 2 is 0.774 bits per heavy atom. The lowest BCUT2D eigenvalue weighted by molar-refractivity contribution is 0.495. The average Bonchev–Trinajstić information content (AvgIpc) is 2.57. The van der Waals surface area contributed by atoms with Crippen molar-refractivity contribution in [2.24, 2.45) is 0 Å². The fourth-order valence-corrected chi connectivity index (χ4v) is 4.75. The summed E-state index contributed by atoms with van der Waals surface area (Å²) in [5.41, 5.74) is 9.04. The summed E-state index contributed by atoms with van der Waals surface area (Å²) in [4.78, 5) is 0. The molecule has 0 atom stereocenters. The average molecular weight is 421 g/mol. The lowest BCUT2D eigenvalue weighted by atomic mass is 9.62. The Labute approximate surface area is 193 Å². The third-order valence-corrected chi connectivity index (χ3v) is 6.65. The van der Waals surface area contributed by atoms with Gasteiger partial charge in [0.1, 0.15) is 0 Å². The van der Waals surface area contributed by atoms with Crippen LogP contribution in [0.4, 0.5) is 0 Å². The summed E-state index contributed by atoms with van der Waals surface area (Å²) in [5.74, 6) is 0. The van der Waals surface area contributed by atoms with Gasteiger partial charge in [0.2, 0.25) is 0 Å². The second-order valence-electron chi connectivity index (χ2n) is 14.1. The van der Waals surface area contributed by atoms with Crippen molar-refractivity contribution in [3.05, 3.63) is 69.8 Å². The van der Waals surface area contributed by atoms with Crippen LogP contribution in [0.25, 0.3) is 0 Å². The Kier molecular flexibility index (Phi) is 6.46. The highest BCUT2D eigenvalue weighted by atomic mass is 14.4. The minimum absolute atomic E-state index is 0.0601. The summed E-state index contributed by atoms with van der Waals surface area (Å²) in [7, 11) is 0. The molecule has 0 aliphatic rings. The summed E-state index contributed by atoms with van der Waals surface area (Å²) in [6.07, 6.45) is 0. The molecule has 0 amide bonds. The van der Waals surface area contributed by atoms with E-state index in [1.807, 2.05) is 0 Å². The second-order valence-corrected chi connectivity index (χ2v) is 14.1. The van der Waals surface area contributed by atoms with Gasteiger partial charge in [0.05, 0.1) is 0 Å². The smallest absolute Gasteiger partial charge is 0.0155 e. The summed E-state index contributed by atoms with van der Waals surface area (Å²) in [5, 5.41) is 0. The van der Waals surface area contributed by atoms with Crippen LogP contribution in [0.2, 0.25) is 0 Å². The maximum Gasteiger partial charge on any atom is 0.0155 e. The Morgan fingerprint density at radius 3 is 1.10 bits per heavy atom. The van der Waals surface area contributed by atoms with Gasteiger partial charge >= 0.3 is 0 Å². The molecule has 0 saturated carbocycles. The highest BCUT2D eigenvalue weighted by Gasteiger charge is 2.38. The quantitative estimate of drug-likeness (QED) is 0.454. The first-order valence-electron chi connectivity index (χ1n) is 12.0. The third kappa shape index (κ3) is 5.27. The van der Waals surface area contributed by atoms with Crippen molar-refractivity contribution in [1.29, 1.82) is 0 Å².